The summed E-state index contributed by atoms with van der Waals surface area (Å²) in [5.74, 6) is -2.14. The molecule has 0 aromatic heterocycles. The van der Waals surface area contributed by atoms with Crippen molar-refractivity contribution in [3.63, 3.8) is 0 Å². The van der Waals surface area contributed by atoms with E-state index in [0.717, 1.165) is 32.7 Å². The summed E-state index contributed by atoms with van der Waals surface area (Å²) in [6.07, 6.45) is 0. The van der Waals surface area contributed by atoms with Crippen LogP contribution in [-0.2, 0) is 0 Å². The summed E-state index contributed by atoms with van der Waals surface area (Å²) in [5, 5.41) is 4.21. The van der Waals surface area contributed by atoms with Gasteiger partial charge in [0.1, 0.15) is 0 Å². The Hall–Kier alpha value is -3.38. The van der Waals surface area contributed by atoms with Crippen molar-refractivity contribution in [3.8, 4) is 11.5 Å². The molecule has 0 fully saturated rings. The summed E-state index contributed by atoms with van der Waals surface area (Å²) in [4.78, 5) is 0. The first-order chi connectivity index (χ1) is 16.2. The zero-order valence-electron chi connectivity index (χ0n) is 18.1. The van der Waals surface area contributed by atoms with Gasteiger partial charge in [-0.25, -0.2) is 0 Å². The van der Waals surface area contributed by atoms with Crippen LogP contribution in [0.3, 0.4) is 0 Å². The molecule has 0 heterocycles. The molecule has 5 aromatic rings. The Morgan fingerprint density at radius 3 is 1.24 bits per heavy atom. The monoisotopic (exact) mass is 466 g/mol. The first-order valence-electron chi connectivity index (χ1n) is 10.9. The van der Waals surface area contributed by atoms with Gasteiger partial charge < -0.3 is 0 Å². The molecule has 33 heavy (non-hydrogen) atoms. The molecule has 0 aliphatic heterocycles. The summed E-state index contributed by atoms with van der Waals surface area (Å²) in [5.41, 5.74) is 0. The van der Waals surface area contributed by atoms with Crippen molar-refractivity contribution in [3.05, 3.63) is 146 Å². The maximum absolute atomic E-state index is 8.32. The Balaban J connectivity index is 1.91. The number of ether oxygens (including phenoxy) is 1. The van der Waals surface area contributed by atoms with E-state index < -0.39 is 5.96 Å². The van der Waals surface area contributed by atoms with E-state index in [1.165, 1.54) is 0 Å². The van der Waals surface area contributed by atoms with E-state index in [1.807, 2.05) is 66.7 Å². The number of benzene rings is 5. The van der Waals surface area contributed by atoms with Gasteiger partial charge in [0.25, 0.3) is 0 Å². The first kappa shape index (κ1) is 21.5. The molecular formula is C30H24ClOP. The predicted molar refractivity (Wildman–Crippen MR) is 144 cm³/mol. The van der Waals surface area contributed by atoms with Gasteiger partial charge in [-0.1, -0.05) is 0 Å². The molecule has 0 amide bonds. The van der Waals surface area contributed by atoms with Crippen molar-refractivity contribution in [2.75, 3.05) is 0 Å². The molecular weight excluding hydrogens is 443 g/mol. The van der Waals surface area contributed by atoms with E-state index in [2.05, 4.69) is 78.9 Å². The quantitative estimate of drug-likeness (QED) is 0.250. The summed E-state index contributed by atoms with van der Waals surface area (Å²) in [7, 11) is 0. The fourth-order valence-corrected chi connectivity index (χ4v) is 10.8. The molecule has 1 nitrogen and oxygen atoms in total. The number of para-hydroxylation sites is 2. The third kappa shape index (κ3) is 3.55. The molecule has 0 atom stereocenters. The minimum absolute atomic E-state index is 0.757. The third-order valence-corrected chi connectivity index (χ3v) is 13.4. The topological polar surface area (TPSA) is 9.23 Å². The average Bonchev–Trinajstić information content (AvgIpc) is 2.91. The van der Waals surface area contributed by atoms with E-state index in [9.17, 15) is 0 Å². The Morgan fingerprint density at radius 2 is 0.788 bits per heavy atom. The van der Waals surface area contributed by atoms with Gasteiger partial charge in [0.05, 0.1) is 0 Å². The van der Waals surface area contributed by atoms with Gasteiger partial charge >= 0.3 is 200 Å². The van der Waals surface area contributed by atoms with Crippen LogP contribution in [0.4, 0.5) is 0 Å². The molecule has 162 valence electrons. The van der Waals surface area contributed by atoms with Crippen LogP contribution in [0.1, 0.15) is 0 Å². The fraction of sp³-hybridized carbons (Fsp3) is 0. The number of hydrogen-bond donors (Lipinski definition) is 0. The second kappa shape index (κ2) is 8.87. The van der Waals surface area contributed by atoms with Crippen LogP contribution in [0.5, 0.6) is 11.5 Å². The molecule has 5 rings (SSSR count). The Morgan fingerprint density at radius 1 is 0.424 bits per heavy atom. The van der Waals surface area contributed by atoms with Crippen molar-refractivity contribution in [2.24, 2.45) is 0 Å². The van der Waals surface area contributed by atoms with Crippen molar-refractivity contribution >= 4 is 38.4 Å². The van der Waals surface area contributed by atoms with Gasteiger partial charge in [-0.15, -0.1) is 0 Å². The van der Waals surface area contributed by atoms with Gasteiger partial charge in [-0.05, 0) is 0 Å². The fourth-order valence-electron chi connectivity index (χ4n) is 4.49. The molecule has 0 unspecified atom stereocenters. The van der Waals surface area contributed by atoms with Crippen molar-refractivity contribution in [1.82, 2.24) is 0 Å². The maximum atomic E-state index is 8.32. The minimum atomic E-state index is -3.68. The van der Waals surface area contributed by atoms with E-state index in [1.54, 1.807) is 0 Å². The van der Waals surface area contributed by atoms with Crippen molar-refractivity contribution in [1.29, 1.82) is 0 Å². The Kier molecular flexibility index (Phi) is 5.77. The standard InChI is InChI=1S/C30H24ClOP/c31-33(26-17-7-2-8-18-26,27-19-9-3-10-20-27,28-21-11-4-12-22-28)30-24-14-13-23-29(30)32-25-15-5-1-6-16-25/h1-24H. The third-order valence-electron chi connectivity index (χ3n) is 6.01. The van der Waals surface area contributed by atoms with Gasteiger partial charge in [0, 0.05) is 0 Å². The molecule has 3 heteroatoms. The van der Waals surface area contributed by atoms with E-state index in [0.29, 0.717) is 0 Å². The van der Waals surface area contributed by atoms with Crippen LogP contribution in [-0.4, -0.2) is 0 Å². The number of hydrogen-bond acceptors (Lipinski definition) is 1. The number of halogens is 1. The zero-order valence-corrected chi connectivity index (χ0v) is 19.7. The molecule has 5 aromatic carbocycles. The number of rotatable bonds is 6. The Bertz CT molecular complexity index is 1240. The normalized spacial score (nSPS) is 12.5. The van der Waals surface area contributed by atoms with Crippen LogP contribution in [0.25, 0.3) is 0 Å². The van der Waals surface area contributed by atoms with Crippen LogP contribution in [0.2, 0.25) is 0 Å². The summed E-state index contributed by atoms with van der Waals surface area (Å²) < 4.78 is 6.49. The van der Waals surface area contributed by atoms with Gasteiger partial charge in [-0.3, -0.25) is 0 Å². The molecule has 0 aliphatic rings. The molecule has 0 saturated heterocycles. The summed E-state index contributed by atoms with van der Waals surface area (Å²) >= 11 is 8.32. The zero-order chi connectivity index (χ0) is 22.6. The van der Waals surface area contributed by atoms with Crippen LogP contribution >= 0.6 is 17.2 Å². The molecule has 0 N–H and O–H groups in total. The summed E-state index contributed by atoms with van der Waals surface area (Å²) in [6.45, 7) is 0. The molecule has 0 spiro atoms. The van der Waals surface area contributed by atoms with E-state index in [-0.39, 0.29) is 0 Å². The van der Waals surface area contributed by atoms with E-state index in [4.69, 9.17) is 16.0 Å². The molecule has 0 aliphatic carbocycles. The van der Waals surface area contributed by atoms with Gasteiger partial charge in [0.15, 0.2) is 0 Å². The van der Waals surface area contributed by atoms with Crippen LogP contribution < -0.4 is 26.0 Å². The van der Waals surface area contributed by atoms with Crippen molar-refractivity contribution < 1.29 is 4.74 Å². The molecule has 0 radical (unpaired) electrons. The van der Waals surface area contributed by atoms with Crippen LogP contribution in [0.15, 0.2) is 146 Å². The predicted octanol–water partition coefficient (Wildman–Crippen LogP) is 6.79. The molecule has 0 bridgehead atoms. The molecule has 0 saturated carbocycles. The average molecular weight is 467 g/mol. The van der Waals surface area contributed by atoms with Gasteiger partial charge in [-0.2, -0.15) is 0 Å². The Labute approximate surface area is 200 Å². The second-order valence-electron chi connectivity index (χ2n) is 7.90. The first-order valence-corrected chi connectivity index (χ1v) is 14.1. The second-order valence-corrected chi connectivity index (χ2v) is 14.0. The van der Waals surface area contributed by atoms with Crippen LogP contribution in [0, 0.1) is 0 Å². The SMILES string of the molecule is ClP(c1ccccc1)(c1ccccc1)(c1ccccc1)c1ccccc1Oc1ccccc1. The summed E-state index contributed by atoms with van der Waals surface area (Å²) in [6, 6.07) is 49.4. The van der Waals surface area contributed by atoms with Crippen molar-refractivity contribution in [2.45, 2.75) is 0 Å². The van der Waals surface area contributed by atoms with Gasteiger partial charge in [0.2, 0.25) is 0 Å². The van der Waals surface area contributed by atoms with E-state index >= 15 is 0 Å².